The number of ketones is 1. The highest BCUT2D eigenvalue weighted by Crippen LogP contribution is 2.42. The van der Waals surface area contributed by atoms with Crippen LogP contribution in [0.1, 0.15) is 29.7 Å². The first kappa shape index (κ1) is 22.6. The Morgan fingerprint density at radius 3 is 2.66 bits per heavy atom. The maximum absolute atomic E-state index is 13.3. The number of aromatic nitrogens is 3. The largest absolute Gasteiger partial charge is 0.507 e. The summed E-state index contributed by atoms with van der Waals surface area (Å²) in [7, 11) is 0. The Hall–Kier alpha value is -4.17. The molecule has 0 spiro atoms. The number of amides is 1. The number of aromatic amines is 1. The zero-order valence-corrected chi connectivity index (χ0v) is 19.7. The van der Waals surface area contributed by atoms with Gasteiger partial charge in [-0.05, 0) is 67.4 Å². The van der Waals surface area contributed by atoms with E-state index < -0.39 is 17.7 Å². The molecule has 1 unspecified atom stereocenters. The molecule has 0 saturated carbocycles. The van der Waals surface area contributed by atoms with Gasteiger partial charge in [-0.25, -0.2) is 4.98 Å². The lowest BCUT2D eigenvalue weighted by atomic mass is 9.96. The van der Waals surface area contributed by atoms with Crippen molar-refractivity contribution in [2.45, 2.75) is 19.9 Å². The molecule has 2 aromatic carbocycles. The van der Waals surface area contributed by atoms with Crippen LogP contribution in [0, 0.1) is 6.92 Å². The molecule has 1 fully saturated rings. The van der Waals surface area contributed by atoms with Crippen LogP contribution in [0.4, 0.5) is 5.95 Å². The molecule has 1 saturated heterocycles. The van der Waals surface area contributed by atoms with Gasteiger partial charge in [0.1, 0.15) is 11.5 Å². The van der Waals surface area contributed by atoms with Gasteiger partial charge in [0.15, 0.2) is 0 Å². The van der Waals surface area contributed by atoms with Crippen molar-refractivity contribution >= 4 is 46.0 Å². The fourth-order valence-electron chi connectivity index (χ4n) is 4.21. The van der Waals surface area contributed by atoms with Gasteiger partial charge >= 0.3 is 5.91 Å². The van der Waals surface area contributed by atoms with Gasteiger partial charge in [-0.2, -0.15) is 0 Å². The third-order valence-electron chi connectivity index (χ3n) is 5.82. The van der Waals surface area contributed by atoms with Crippen LogP contribution in [-0.4, -0.2) is 38.4 Å². The molecule has 176 valence electrons. The molecule has 1 amide bonds. The normalized spacial score (nSPS) is 17.3. The van der Waals surface area contributed by atoms with Crippen molar-refractivity contribution in [3.05, 3.63) is 88.2 Å². The summed E-state index contributed by atoms with van der Waals surface area (Å²) < 4.78 is 5.53. The number of aliphatic hydroxyl groups is 1. The van der Waals surface area contributed by atoms with Crippen LogP contribution in [0.15, 0.2) is 66.5 Å². The van der Waals surface area contributed by atoms with Crippen LogP contribution < -0.4 is 9.64 Å². The van der Waals surface area contributed by atoms with Gasteiger partial charge in [0.25, 0.3) is 5.78 Å². The summed E-state index contributed by atoms with van der Waals surface area (Å²) >= 11 is 6.20. The van der Waals surface area contributed by atoms with E-state index in [1.54, 1.807) is 42.7 Å². The molecule has 2 N–H and O–H groups in total. The number of aryl methyl sites for hydroxylation is 1. The van der Waals surface area contributed by atoms with Crippen molar-refractivity contribution in [3.8, 4) is 5.75 Å². The number of Topliss-reactive ketones (excluding diaryl/α,β-unsaturated/α-hetero) is 1. The molecule has 1 aliphatic rings. The number of H-pyrrole nitrogens is 1. The highest BCUT2D eigenvalue weighted by atomic mass is 35.5. The van der Waals surface area contributed by atoms with Crippen molar-refractivity contribution in [3.63, 3.8) is 0 Å². The summed E-state index contributed by atoms with van der Waals surface area (Å²) in [5.74, 6) is -1.39. The zero-order chi connectivity index (χ0) is 24.7. The second kappa shape index (κ2) is 8.88. The molecule has 0 radical (unpaired) electrons. The maximum atomic E-state index is 13.3. The Morgan fingerprint density at radius 2 is 1.91 bits per heavy atom. The minimum Gasteiger partial charge on any atom is -0.507 e. The van der Waals surface area contributed by atoms with Crippen LogP contribution in [-0.2, 0) is 9.59 Å². The Labute approximate surface area is 205 Å². The molecule has 2 aromatic heterocycles. The molecule has 5 rings (SSSR count). The number of aliphatic hydroxyl groups excluding tert-OH is 1. The molecule has 4 aromatic rings. The molecule has 8 nitrogen and oxygen atoms in total. The van der Waals surface area contributed by atoms with Gasteiger partial charge in [-0.3, -0.25) is 19.5 Å². The number of carbonyl (C=O) groups is 2. The minimum atomic E-state index is -0.925. The molecular formula is C26H21ClN4O4. The Kier molecular flexibility index (Phi) is 5.74. The van der Waals surface area contributed by atoms with E-state index in [4.69, 9.17) is 16.3 Å². The van der Waals surface area contributed by atoms with E-state index in [1.165, 1.54) is 4.90 Å². The molecule has 0 aliphatic carbocycles. The monoisotopic (exact) mass is 488 g/mol. The van der Waals surface area contributed by atoms with E-state index in [0.717, 1.165) is 11.1 Å². The number of nitrogens with one attached hydrogen (secondary N) is 1. The zero-order valence-electron chi connectivity index (χ0n) is 18.9. The van der Waals surface area contributed by atoms with Crippen molar-refractivity contribution in [2.24, 2.45) is 0 Å². The number of ether oxygens (including phenoxy) is 1. The summed E-state index contributed by atoms with van der Waals surface area (Å²) in [6.07, 6.45) is 3.12. The van der Waals surface area contributed by atoms with Crippen molar-refractivity contribution in [2.75, 3.05) is 11.5 Å². The molecule has 0 bridgehead atoms. The van der Waals surface area contributed by atoms with Gasteiger partial charge in [-0.15, -0.1) is 0 Å². The average molecular weight is 489 g/mol. The third-order valence-corrected chi connectivity index (χ3v) is 6.14. The van der Waals surface area contributed by atoms with E-state index in [9.17, 15) is 14.7 Å². The molecule has 1 aliphatic heterocycles. The highest BCUT2D eigenvalue weighted by Gasteiger charge is 2.48. The van der Waals surface area contributed by atoms with Crippen LogP contribution in [0.3, 0.4) is 0 Å². The van der Waals surface area contributed by atoms with Crippen LogP contribution in [0.2, 0.25) is 5.02 Å². The smallest absolute Gasteiger partial charge is 0.302 e. The number of halogens is 1. The lowest BCUT2D eigenvalue weighted by Gasteiger charge is -2.22. The number of fused-ring (bicyclic) bond motifs is 1. The number of pyridine rings is 1. The van der Waals surface area contributed by atoms with Crippen molar-refractivity contribution < 1.29 is 19.4 Å². The van der Waals surface area contributed by atoms with Gasteiger partial charge in [0.05, 0.1) is 34.3 Å². The summed E-state index contributed by atoms with van der Waals surface area (Å²) in [5.41, 5.74) is 3.23. The van der Waals surface area contributed by atoms with Crippen molar-refractivity contribution in [1.29, 1.82) is 0 Å². The quantitative estimate of drug-likeness (QED) is 0.234. The van der Waals surface area contributed by atoms with Crippen LogP contribution >= 0.6 is 11.6 Å². The summed E-state index contributed by atoms with van der Waals surface area (Å²) in [5, 5.41) is 11.7. The predicted molar refractivity (Wildman–Crippen MR) is 132 cm³/mol. The fourth-order valence-corrected chi connectivity index (χ4v) is 4.38. The standard InChI is InChI=1S/C26H21ClN4O4/c1-3-35-20-13-16(5-6-17(20)27)23(32)21-22(15-8-10-28-11-9-15)31(25(34)24(21)33)26-29-18-7-4-14(2)12-19(18)30-26/h4-13,22,32H,3H2,1-2H3,(H,29,30)/b23-21+. The number of nitrogens with zero attached hydrogens (tertiary/aromatic N) is 3. The number of rotatable bonds is 5. The minimum absolute atomic E-state index is 0.0670. The predicted octanol–water partition coefficient (Wildman–Crippen LogP) is 4.94. The summed E-state index contributed by atoms with van der Waals surface area (Å²) in [6, 6.07) is 12.8. The third kappa shape index (κ3) is 3.91. The Bertz CT molecular complexity index is 1500. The van der Waals surface area contributed by atoms with E-state index >= 15 is 0 Å². The Balaban J connectivity index is 1.70. The van der Waals surface area contributed by atoms with Gasteiger partial charge in [0.2, 0.25) is 5.95 Å². The molecule has 9 heteroatoms. The van der Waals surface area contributed by atoms with Crippen LogP contribution in [0.5, 0.6) is 5.75 Å². The van der Waals surface area contributed by atoms with E-state index in [0.29, 0.717) is 34.0 Å². The number of hydrogen-bond donors (Lipinski definition) is 2. The first-order valence-electron chi connectivity index (χ1n) is 11.0. The van der Waals surface area contributed by atoms with Crippen LogP contribution in [0.25, 0.3) is 16.8 Å². The second-order valence-electron chi connectivity index (χ2n) is 8.11. The molecule has 3 heterocycles. The lowest BCUT2D eigenvalue weighted by Crippen LogP contribution is -2.30. The first-order chi connectivity index (χ1) is 16.9. The number of imidazole rings is 1. The van der Waals surface area contributed by atoms with Gasteiger partial charge in [-0.1, -0.05) is 17.7 Å². The number of hydrogen-bond acceptors (Lipinski definition) is 6. The maximum Gasteiger partial charge on any atom is 0.302 e. The highest BCUT2D eigenvalue weighted by molar-refractivity contribution is 6.51. The molecule has 1 atom stereocenters. The Morgan fingerprint density at radius 1 is 1.14 bits per heavy atom. The van der Waals surface area contributed by atoms with E-state index in [-0.39, 0.29) is 17.3 Å². The molecular weight excluding hydrogens is 468 g/mol. The second-order valence-corrected chi connectivity index (χ2v) is 8.52. The number of benzene rings is 2. The average Bonchev–Trinajstić information content (AvgIpc) is 3.38. The first-order valence-corrected chi connectivity index (χ1v) is 11.4. The fraction of sp³-hybridized carbons (Fsp3) is 0.154. The lowest BCUT2D eigenvalue weighted by molar-refractivity contribution is -0.132. The van der Waals surface area contributed by atoms with Gasteiger partial charge in [0, 0.05) is 18.0 Å². The number of anilines is 1. The van der Waals surface area contributed by atoms with Crippen molar-refractivity contribution in [1.82, 2.24) is 15.0 Å². The van der Waals surface area contributed by atoms with Gasteiger partial charge < -0.3 is 14.8 Å². The topological polar surface area (TPSA) is 108 Å². The van der Waals surface area contributed by atoms with E-state index in [1.807, 2.05) is 32.0 Å². The number of carbonyl (C=O) groups excluding carboxylic acids is 2. The molecule has 35 heavy (non-hydrogen) atoms. The summed E-state index contributed by atoms with van der Waals surface area (Å²) in [4.78, 5) is 39.6. The van der Waals surface area contributed by atoms with E-state index in [2.05, 4.69) is 15.0 Å². The summed E-state index contributed by atoms with van der Waals surface area (Å²) in [6.45, 7) is 4.13. The SMILES string of the molecule is CCOc1cc(/C(O)=C2\C(=O)C(=O)N(c3nc4ccc(C)cc4[nH]3)C2c2ccncc2)ccc1Cl.